The summed E-state index contributed by atoms with van der Waals surface area (Å²) in [5.74, 6) is 0.791. The van der Waals surface area contributed by atoms with E-state index >= 15 is 0 Å². The molecule has 0 spiro atoms. The molecule has 0 radical (unpaired) electrons. The Morgan fingerprint density at radius 3 is 2.75 bits per heavy atom. The van der Waals surface area contributed by atoms with Crippen LogP contribution in [0.2, 0.25) is 0 Å². The maximum atomic E-state index is 13.1. The molecule has 0 atom stereocenters. The van der Waals surface area contributed by atoms with Crippen molar-refractivity contribution < 1.29 is 13.9 Å². The lowest BCUT2D eigenvalue weighted by Crippen LogP contribution is -2.12. The number of carbonyl (C=O) groups excluding carboxylic acids is 1. The summed E-state index contributed by atoms with van der Waals surface area (Å²) in [6.45, 7) is 0. The summed E-state index contributed by atoms with van der Waals surface area (Å²) in [5.41, 5.74) is 0.545. The Kier molecular flexibility index (Phi) is 5.01. The second-order valence-corrected chi connectivity index (χ2v) is 4.52. The molecule has 2 aromatic carbocycles. The maximum absolute atomic E-state index is 13.1. The van der Waals surface area contributed by atoms with Crippen molar-refractivity contribution in [1.29, 1.82) is 0 Å². The first-order valence-corrected chi connectivity index (χ1v) is 6.75. The molecule has 2 aromatic rings. The maximum Gasteiger partial charge on any atom is 0.225 e. The van der Waals surface area contributed by atoms with Gasteiger partial charge in [0.15, 0.2) is 5.75 Å². The van der Waals surface area contributed by atoms with Gasteiger partial charge in [0.25, 0.3) is 0 Å². The third kappa shape index (κ3) is 3.99. The molecule has 0 saturated heterocycles. The number of anilines is 1. The summed E-state index contributed by atoms with van der Waals surface area (Å²) in [7, 11) is 0. The van der Waals surface area contributed by atoms with Crippen molar-refractivity contribution in [2.24, 2.45) is 0 Å². The third-order valence-corrected chi connectivity index (χ3v) is 2.75. The van der Waals surface area contributed by atoms with E-state index in [4.69, 9.17) is 4.74 Å². The predicted octanol–water partition coefficient (Wildman–Crippen LogP) is 3.88. The SMILES string of the molecule is O=C(CCS)Nc1ccccc1Oc1cccc(F)c1. The highest BCUT2D eigenvalue weighted by Gasteiger charge is 2.08. The minimum Gasteiger partial charge on any atom is -0.455 e. The van der Waals surface area contributed by atoms with Gasteiger partial charge in [0.05, 0.1) is 5.69 Å². The molecule has 0 aromatic heterocycles. The molecular formula is C15H14FNO2S. The highest BCUT2D eigenvalue weighted by Crippen LogP contribution is 2.29. The summed E-state index contributed by atoms with van der Waals surface area (Å²) in [6, 6.07) is 12.8. The number of hydrogen-bond donors (Lipinski definition) is 2. The molecule has 2 rings (SSSR count). The van der Waals surface area contributed by atoms with Crippen LogP contribution in [0.3, 0.4) is 0 Å². The normalized spacial score (nSPS) is 10.1. The highest BCUT2D eigenvalue weighted by atomic mass is 32.1. The summed E-state index contributed by atoms with van der Waals surface area (Å²) in [6.07, 6.45) is 0.317. The Bertz CT molecular complexity index is 604. The molecule has 104 valence electrons. The molecule has 1 amide bonds. The minimum absolute atomic E-state index is 0.143. The standard InChI is InChI=1S/C15H14FNO2S/c16-11-4-3-5-12(10-11)19-14-7-2-1-6-13(14)17-15(18)8-9-20/h1-7,10,20H,8-9H2,(H,17,18). The van der Waals surface area contributed by atoms with E-state index in [1.54, 1.807) is 36.4 Å². The summed E-state index contributed by atoms with van der Waals surface area (Å²) < 4.78 is 18.7. The summed E-state index contributed by atoms with van der Waals surface area (Å²) >= 11 is 4.01. The van der Waals surface area contributed by atoms with Gasteiger partial charge in [0.2, 0.25) is 5.91 Å². The Balaban J connectivity index is 2.17. The summed E-state index contributed by atoms with van der Waals surface area (Å²) in [4.78, 5) is 11.6. The van der Waals surface area contributed by atoms with Crippen molar-refractivity contribution in [2.75, 3.05) is 11.1 Å². The van der Waals surface area contributed by atoms with Crippen molar-refractivity contribution in [1.82, 2.24) is 0 Å². The van der Waals surface area contributed by atoms with Gasteiger partial charge in [0.1, 0.15) is 11.6 Å². The van der Waals surface area contributed by atoms with E-state index in [9.17, 15) is 9.18 Å². The van der Waals surface area contributed by atoms with Crippen molar-refractivity contribution in [3.8, 4) is 11.5 Å². The molecule has 1 N–H and O–H groups in total. The monoisotopic (exact) mass is 291 g/mol. The van der Waals surface area contributed by atoms with E-state index in [2.05, 4.69) is 17.9 Å². The van der Waals surface area contributed by atoms with E-state index in [1.165, 1.54) is 12.1 Å². The van der Waals surface area contributed by atoms with E-state index in [0.717, 1.165) is 0 Å². The zero-order valence-corrected chi connectivity index (χ0v) is 11.6. The fraction of sp³-hybridized carbons (Fsp3) is 0.133. The van der Waals surface area contributed by atoms with Gasteiger partial charge in [-0.05, 0) is 30.0 Å². The van der Waals surface area contributed by atoms with Crippen LogP contribution in [0.1, 0.15) is 6.42 Å². The van der Waals surface area contributed by atoms with E-state index in [1.807, 2.05) is 0 Å². The van der Waals surface area contributed by atoms with Gasteiger partial charge < -0.3 is 10.1 Å². The fourth-order valence-corrected chi connectivity index (χ4v) is 1.83. The molecule has 0 saturated carbocycles. The Morgan fingerprint density at radius 2 is 2.00 bits per heavy atom. The number of thiol groups is 1. The van der Waals surface area contributed by atoms with Crippen molar-refractivity contribution in [2.45, 2.75) is 6.42 Å². The average Bonchev–Trinajstić information content (AvgIpc) is 2.41. The quantitative estimate of drug-likeness (QED) is 0.821. The lowest BCUT2D eigenvalue weighted by Gasteiger charge is -2.12. The molecule has 0 fully saturated rings. The number of ether oxygens (including phenoxy) is 1. The molecule has 3 nitrogen and oxygen atoms in total. The molecular weight excluding hydrogens is 277 g/mol. The number of hydrogen-bond acceptors (Lipinski definition) is 3. The van der Waals surface area contributed by atoms with Crippen molar-refractivity contribution in [3.05, 3.63) is 54.3 Å². The van der Waals surface area contributed by atoms with Crippen LogP contribution < -0.4 is 10.1 Å². The van der Waals surface area contributed by atoms with E-state index < -0.39 is 0 Å². The van der Waals surface area contributed by atoms with Crippen LogP contribution in [0, 0.1) is 5.82 Å². The van der Waals surface area contributed by atoms with Crippen LogP contribution in [0.15, 0.2) is 48.5 Å². The number of nitrogens with one attached hydrogen (secondary N) is 1. The minimum atomic E-state index is -0.376. The fourth-order valence-electron chi connectivity index (χ4n) is 1.63. The van der Waals surface area contributed by atoms with Crippen LogP contribution in [-0.4, -0.2) is 11.7 Å². The molecule has 20 heavy (non-hydrogen) atoms. The van der Waals surface area contributed by atoms with Gasteiger partial charge in [-0.2, -0.15) is 12.6 Å². The number of para-hydroxylation sites is 2. The molecule has 0 bridgehead atoms. The van der Waals surface area contributed by atoms with Crippen LogP contribution >= 0.6 is 12.6 Å². The largest absolute Gasteiger partial charge is 0.455 e. The zero-order valence-electron chi connectivity index (χ0n) is 10.7. The molecule has 5 heteroatoms. The van der Waals surface area contributed by atoms with Crippen LogP contribution in [0.4, 0.5) is 10.1 Å². The molecule has 0 aliphatic rings. The number of halogens is 1. The summed E-state index contributed by atoms with van der Waals surface area (Å²) in [5, 5.41) is 2.74. The van der Waals surface area contributed by atoms with Crippen LogP contribution in [0.25, 0.3) is 0 Å². The van der Waals surface area contributed by atoms with E-state index in [-0.39, 0.29) is 11.7 Å². The Labute approximate surface area is 122 Å². The van der Waals surface area contributed by atoms with Crippen LogP contribution in [0.5, 0.6) is 11.5 Å². The first-order valence-electron chi connectivity index (χ1n) is 6.12. The van der Waals surface area contributed by atoms with Crippen LogP contribution in [-0.2, 0) is 4.79 Å². The Hall–Kier alpha value is -2.01. The molecule has 0 unspecified atom stereocenters. The number of carbonyl (C=O) groups is 1. The van der Waals surface area contributed by atoms with Gasteiger partial charge in [-0.3, -0.25) is 4.79 Å². The zero-order chi connectivity index (χ0) is 14.4. The molecule has 0 aliphatic heterocycles. The number of benzene rings is 2. The Morgan fingerprint density at radius 1 is 1.20 bits per heavy atom. The number of rotatable bonds is 5. The van der Waals surface area contributed by atoms with E-state index in [0.29, 0.717) is 29.4 Å². The number of amides is 1. The average molecular weight is 291 g/mol. The third-order valence-electron chi connectivity index (χ3n) is 2.52. The lowest BCUT2D eigenvalue weighted by molar-refractivity contribution is -0.115. The van der Waals surface area contributed by atoms with Crippen molar-refractivity contribution in [3.63, 3.8) is 0 Å². The second kappa shape index (κ2) is 6.96. The predicted molar refractivity (Wildman–Crippen MR) is 80.0 cm³/mol. The highest BCUT2D eigenvalue weighted by molar-refractivity contribution is 7.80. The van der Waals surface area contributed by atoms with Crippen molar-refractivity contribution >= 4 is 24.2 Å². The van der Waals surface area contributed by atoms with Gasteiger partial charge in [0, 0.05) is 12.5 Å². The lowest BCUT2D eigenvalue weighted by atomic mass is 10.2. The molecule has 0 aliphatic carbocycles. The first kappa shape index (κ1) is 14.4. The van der Waals surface area contributed by atoms with Gasteiger partial charge in [-0.25, -0.2) is 4.39 Å². The van der Waals surface area contributed by atoms with Gasteiger partial charge in [-0.1, -0.05) is 18.2 Å². The first-order chi connectivity index (χ1) is 9.69. The second-order valence-electron chi connectivity index (χ2n) is 4.08. The smallest absolute Gasteiger partial charge is 0.225 e. The van der Waals surface area contributed by atoms with Gasteiger partial charge in [-0.15, -0.1) is 0 Å². The molecule has 0 heterocycles. The van der Waals surface area contributed by atoms with Gasteiger partial charge >= 0.3 is 0 Å². The topological polar surface area (TPSA) is 38.3 Å².